The number of ether oxygens (including phenoxy) is 3. The van der Waals surface area contributed by atoms with Gasteiger partial charge >= 0.3 is 11.9 Å². The molecule has 1 aromatic heterocycles. The van der Waals surface area contributed by atoms with Crippen LogP contribution in [0.25, 0.3) is 11.1 Å². The molecule has 1 atom stereocenters. The lowest BCUT2D eigenvalue weighted by atomic mass is 9.76. The predicted octanol–water partition coefficient (Wildman–Crippen LogP) is 8.83. The van der Waals surface area contributed by atoms with E-state index < -0.39 is 23.4 Å². The first-order valence-electron chi connectivity index (χ1n) is 20.2. The van der Waals surface area contributed by atoms with E-state index in [-0.39, 0.29) is 13.2 Å². The van der Waals surface area contributed by atoms with E-state index in [1.165, 1.54) is 6.20 Å². The molecule has 2 aliphatic heterocycles. The van der Waals surface area contributed by atoms with Crippen LogP contribution >= 0.6 is 11.6 Å². The maximum Gasteiger partial charge on any atom is 0.320 e. The monoisotopic (exact) mass is 808 g/mol. The van der Waals surface area contributed by atoms with Gasteiger partial charge in [-0.3, -0.25) is 19.5 Å². The third-order valence-electron chi connectivity index (χ3n) is 11.9. The first kappa shape index (κ1) is 42.5. The molecule has 2 N–H and O–H groups in total. The zero-order chi connectivity index (χ0) is 41.2. The van der Waals surface area contributed by atoms with Crippen molar-refractivity contribution >= 4 is 23.5 Å². The number of nitrogens with zero attached hydrogens (tertiary/aromatic N) is 4. The molecule has 0 saturated carbocycles. The van der Waals surface area contributed by atoms with E-state index >= 15 is 0 Å². The fourth-order valence-electron chi connectivity index (χ4n) is 8.16. The minimum atomic E-state index is -0.840. The molecular formula is C46H53ClN4O7. The lowest BCUT2D eigenvalue weighted by molar-refractivity contribution is -0.152. The van der Waals surface area contributed by atoms with Gasteiger partial charge in [0.1, 0.15) is 42.6 Å². The van der Waals surface area contributed by atoms with Crippen LogP contribution in [0.3, 0.4) is 0 Å². The number of carbonyl (C=O) groups is 2. The topological polar surface area (TPSA) is 145 Å². The zero-order valence-corrected chi connectivity index (χ0v) is 34.4. The van der Waals surface area contributed by atoms with E-state index in [4.69, 9.17) is 25.8 Å². The smallest absolute Gasteiger partial charge is 0.320 e. The number of halogens is 1. The van der Waals surface area contributed by atoms with E-state index in [0.717, 1.165) is 83.6 Å². The Morgan fingerprint density at radius 2 is 1.64 bits per heavy atom. The summed E-state index contributed by atoms with van der Waals surface area (Å²) in [6.45, 7) is 10.6. The molecule has 0 radical (unpaired) electrons. The van der Waals surface area contributed by atoms with Crippen molar-refractivity contribution < 1.29 is 34.0 Å². The van der Waals surface area contributed by atoms with Crippen LogP contribution in [-0.4, -0.2) is 75.8 Å². The Kier molecular flexibility index (Phi) is 14.3. The van der Waals surface area contributed by atoms with Crippen LogP contribution in [0, 0.1) is 30.6 Å². The quantitative estimate of drug-likeness (QED) is 0.0987. The fourth-order valence-corrected chi connectivity index (χ4v) is 8.40. The molecule has 4 aromatic rings. The number of aromatic nitrogens is 1. The van der Waals surface area contributed by atoms with Gasteiger partial charge in [-0.05, 0) is 118 Å². The summed E-state index contributed by atoms with van der Waals surface area (Å²) in [5.74, 6) is 0.274. The van der Waals surface area contributed by atoms with E-state index in [1.807, 2.05) is 36.1 Å². The number of carboxylic acids is 2. The van der Waals surface area contributed by atoms with Crippen LogP contribution in [0.15, 0.2) is 67.0 Å². The van der Waals surface area contributed by atoms with Gasteiger partial charge in [-0.1, -0.05) is 55.3 Å². The number of likely N-dealkylation sites (tertiary alicyclic amines) is 2. The Hall–Kier alpha value is -5.15. The molecule has 2 saturated heterocycles. The lowest BCUT2D eigenvalue weighted by Crippen LogP contribution is -2.44. The summed E-state index contributed by atoms with van der Waals surface area (Å²) < 4.78 is 19.0. The van der Waals surface area contributed by atoms with Crippen molar-refractivity contribution in [3.05, 3.63) is 105 Å². The number of nitriles is 1. The van der Waals surface area contributed by atoms with Gasteiger partial charge in [0, 0.05) is 42.7 Å². The van der Waals surface area contributed by atoms with Crippen molar-refractivity contribution in [2.24, 2.45) is 5.41 Å². The number of benzene rings is 3. The second kappa shape index (κ2) is 19.5. The lowest BCUT2D eigenvalue weighted by Gasteiger charge is -2.38. The van der Waals surface area contributed by atoms with Gasteiger partial charge in [-0.25, -0.2) is 0 Å². The SMILES string of the molecule is CCC1(C(=O)O)CCN(CCCOc2cccc(-c3cccc(COc4cc(OCc5cncc(C#N)c5)c(CN5CCCC[C@H]5C(=O)O)cc4Cl)c3C)c2C)CC1. The largest absolute Gasteiger partial charge is 0.493 e. The molecule has 0 aliphatic carbocycles. The van der Waals surface area contributed by atoms with Crippen LogP contribution in [0.2, 0.25) is 5.02 Å². The van der Waals surface area contributed by atoms with Gasteiger partial charge in [-0.15, -0.1) is 0 Å². The summed E-state index contributed by atoms with van der Waals surface area (Å²) in [7, 11) is 0. The van der Waals surface area contributed by atoms with E-state index in [0.29, 0.717) is 67.5 Å². The number of rotatable bonds is 17. The maximum absolute atomic E-state index is 12.1. The van der Waals surface area contributed by atoms with Gasteiger partial charge in [0.05, 0.1) is 22.6 Å². The van der Waals surface area contributed by atoms with Gasteiger partial charge in [0.15, 0.2) is 0 Å². The molecule has 58 heavy (non-hydrogen) atoms. The molecule has 0 unspecified atom stereocenters. The average Bonchev–Trinajstić information content (AvgIpc) is 3.23. The van der Waals surface area contributed by atoms with Crippen LogP contribution in [-0.2, 0) is 29.3 Å². The highest BCUT2D eigenvalue weighted by atomic mass is 35.5. The van der Waals surface area contributed by atoms with Crippen LogP contribution in [0.5, 0.6) is 17.2 Å². The van der Waals surface area contributed by atoms with Gasteiger partial charge in [0.25, 0.3) is 0 Å². The summed E-state index contributed by atoms with van der Waals surface area (Å²) in [4.78, 5) is 32.4. The molecular weight excluding hydrogens is 756 g/mol. The van der Waals surface area contributed by atoms with E-state index in [1.54, 1.807) is 24.4 Å². The average molecular weight is 809 g/mol. The van der Waals surface area contributed by atoms with Crippen molar-refractivity contribution in [2.45, 2.75) is 91.5 Å². The van der Waals surface area contributed by atoms with Gasteiger partial charge in [-0.2, -0.15) is 5.26 Å². The van der Waals surface area contributed by atoms with Crippen LogP contribution in [0.1, 0.15) is 85.3 Å². The zero-order valence-electron chi connectivity index (χ0n) is 33.6. The Morgan fingerprint density at radius 3 is 2.36 bits per heavy atom. The molecule has 0 bridgehead atoms. The summed E-state index contributed by atoms with van der Waals surface area (Å²) in [6, 6.07) is 19.1. The van der Waals surface area contributed by atoms with Crippen LogP contribution < -0.4 is 14.2 Å². The number of piperidine rings is 2. The van der Waals surface area contributed by atoms with Gasteiger partial charge in [0.2, 0.25) is 0 Å². The summed E-state index contributed by atoms with van der Waals surface area (Å²) in [5.41, 5.74) is 6.56. The Labute approximate surface area is 346 Å². The summed E-state index contributed by atoms with van der Waals surface area (Å²) in [5, 5.41) is 29.4. The highest BCUT2D eigenvalue weighted by Gasteiger charge is 2.39. The van der Waals surface area contributed by atoms with E-state index in [2.05, 4.69) is 41.9 Å². The minimum absolute atomic E-state index is 0.148. The van der Waals surface area contributed by atoms with Crippen molar-refractivity contribution in [1.82, 2.24) is 14.8 Å². The molecule has 306 valence electrons. The minimum Gasteiger partial charge on any atom is -0.493 e. The standard InChI is InChI=1S/C46H53ClN4O7/c1-4-46(45(54)55)15-19-50(20-16-46)17-9-21-56-41-14-8-12-38(32(41)3)37-11-7-10-35(31(37)2)30-58-43-24-42(57-29-34-22-33(25-48)26-49-27-34)36(23-39(43)47)28-51-18-6-5-13-40(51)44(52)53/h7-8,10-12,14,22-24,26-27,40H,4-6,9,13,15-21,28-30H2,1-3H3,(H,52,53)(H,54,55)/t40-/m0/s1. The number of carboxylic acid groups (broad SMARTS) is 2. The normalized spacial score (nSPS) is 17.0. The molecule has 11 nitrogen and oxygen atoms in total. The first-order chi connectivity index (χ1) is 28.0. The molecule has 6 rings (SSSR count). The number of hydrogen-bond donors (Lipinski definition) is 2. The number of hydrogen-bond acceptors (Lipinski definition) is 9. The maximum atomic E-state index is 12.1. The Bertz CT molecular complexity index is 2130. The molecule has 0 spiro atoms. The Balaban J connectivity index is 1.14. The van der Waals surface area contributed by atoms with Crippen molar-refractivity contribution in [2.75, 3.05) is 32.8 Å². The summed E-state index contributed by atoms with van der Waals surface area (Å²) in [6.07, 6.45) is 8.40. The molecule has 2 fully saturated rings. The Morgan fingerprint density at radius 1 is 0.897 bits per heavy atom. The molecule has 2 aliphatic rings. The van der Waals surface area contributed by atoms with E-state index in [9.17, 15) is 25.1 Å². The molecule has 3 heterocycles. The van der Waals surface area contributed by atoms with Crippen molar-refractivity contribution in [3.8, 4) is 34.4 Å². The van der Waals surface area contributed by atoms with Crippen LogP contribution in [0.4, 0.5) is 0 Å². The van der Waals surface area contributed by atoms with Gasteiger partial charge < -0.3 is 29.3 Å². The molecule has 3 aromatic carbocycles. The van der Waals surface area contributed by atoms with Crippen molar-refractivity contribution in [3.63, 3.8) is 0 Å². The molecule has 0 amide bonds. The summed E-state index contributed by atoms with van der Waals surface area (Å²) >= 11 is 6.87. The third kappa shape index (κ3) is 10.1. The second-order valence-corrected chi connectivity index (χ2v) is 15.9. The predicted molar refractivity (Wildman–Crippen MR) is 222 cm³/mol. The highest BCUT2D eigenvalue weighted by molar-refractivity contribution is 6.32. The number of aliphatic carboxylic acids is 2. The number of pyridine rings is 1. The molecule has 12 heteroatoms. The first-order valence-corrected chi connectivity index (χ1v) is 20.6. The van der Waals surface area contributed by atoms with Crippen molar-refractivity contribution in [1.29, 1.82) is 5.26 Å². The second-order valence-electron chi connectivity index (χ2n) is 15.5. The highest BCUT2D eigenvalue weighted by Crippen LogP contribution is 2.38. The third-order valence-corrected chi connectivity index (χ3v) is 12.2. The fraction of sp³-hybridized carbons (Fsp3) is 0.435.